The molecule has 0 spiro atoms. The van der Waals surface area contributed by atoms with Gasteiger partial charge in [-0.05, 0) is 74.2 Å². The van der Waals surface area contributed by atoms with Gasteiger partial charge in [0.1, 0.15) is 17.2 Å². The van der Waals surface area contributed by atoms with Gasteiger partial charge in [-0.3, -0.25) is 4.79 Å². The van der Waals surface area contributed by atoms with E-state index < -0.39 is 0 Å². The molecule has 0 bridgehead atoms. The molecule has 7 heteroatoms. The quantitative estimate of drug-likeness (QED) is 0.510. The van der Waals surface area contributed by atoms with Crippen molar-refractivity contribution in [2.45, 2.75) is 19.8 Å². The van der Waals surface area contributed by atoms with Crippen molar-refractivity contribution in [3.63, 3.8) is 0 Å². The van der Waals surface area contributed by atoms with Gasteiger partial charge in [0.2, 0.25) is 5.89 Å². The monoisotopic (exact) mass is 484 g/mol. The summed E-state index contributed by atoms with van der Waals surface area (Å²) in [5.74, 6) is 2.35. The smallest absolute Gasteiger partial charge is 0.257 e. The summed E-state index contributed by atoms with van der Waals surface area (Å²) in [7, 11) is 0. The minimum absolute atomic E-state index is 0.000725. The van der Waals surface area contributed by atoms with Crippen LogP contribution in [0.4, 0.5) is 0 Å². The van der Waals surface area contributed by atoms with Crippen LogP contribution in [-0.4, -0.2) is 37.3 Å². The van der Waals surface area contributed by atoms with Crippen molar-refractivity contribution >= 4 is 21.8 Å². The second kappa shape index (κ2) is 10.1. The van der Waals surface area contributed by atoms with Gasteiger partial charge in [0.05, 0.1) is 0 Å². The second-order valence-corrected chi connectivity index (χ2v) is 8.52. The molecular formula is C24H25BrN2O4. The van der Waals surface area contributed by atoms with Crippen LogP contribution in [0.3, 0.4) is 0 Å². The van der Waals surface area contributed by atoms with Crippen molar-refractivity contribution < 1.29 is 18.7 Å². The number of rotatable bonds is 7. The summed E-state index contributed by atoms with van der Waals surface area (Å²) in [6.45, 7) is 4.13. The van der Waals surface area contributed by atoms with Crippen molar-refractivity contribution in [2.24, 2.45) is 5.92 Å². The lowest BCUT2D eigenvalue weighted by Crippen LogP contribution is -2.35. The van der Waals surface area contributed by atoms with Crippen molar-refractivity contribution in [3.8, 4) is 28.5 Å². The third kappa shape index (κ3) is 5.74. The highest BCUT2D eigenvalue weighted by Gasteiger charge is 2.15. The normalized spacial score (nSPS) is 14.4. The summed E-state index contributed by atoms with van der Waals surface area (Å²) in [5, 5.41) is 2.94. The molecule has 162 valence electrons. The van der Waals surface area contributed by atoms with E-state index in [1.807, 2.05) is 55.5 Å². The van der Waals surface area contributed by atoms with E-state index in [0.717, 1.165) is 53.1 Å². The van der Waals surface area contributed by atoms with E-state index in [-0.39, 0.29) is 12.5 Å². The highest BCUT2D eigenvalue weighted by Crippen LogP contribution is 2.30. The van der Waals surface area contributed by atoms with Gasteiger partial charge >= 0.3 is 0 Å². The average Bonchev–Trinajstić information content (AvgIpc) is 3.19. The first-order valence-corrected chi connectivity index (χ1v) is 11.2. The predicted octanol–water partition coefficient (Wildman–Crippen LogP) is 5.00. The molecule has 1 amide bonds. The molecule has 4 rings (SSSR count). The fraction of sp³-hybridized carbons (Fsp3) is 0.333. The average molecular weight is 485 g/mol. The number of oxazole rings is 1. The summed E-state index contributed by atoms with van der Waals surface area (Å²) in [6, 6.07) is 15.4. The molecule has 0 radical (unpaired) electrons. The Hall–Kier alpha value is -2.64. The molecule has 2 heterocycles. The number of halogens is 1. The Morgan fingerprint density at radius 1 is 1.10 bits per heavy atom. The molecule has 0 saturated carbocycles. The molecule has 0 aliphatic carbocycles. The van der Waals surface area contributed by atoms with Crippen molar-refractivity contribution in [1.29, 1.82) is 0 Å². The number of nitrogens with zero attached hydrogens (tertiary/aromatic N) is 1. The van der Waals surface area contributed by atoms with E-state index in [9.17, 15) is 4.79 Å². The molecule has 1 saturated heterocycles. The molecule has 0 unspecified atom stereocenters. The van der Waals surface area contributed by atoms with Gasteiger partial charge in [-0.1, -0.05) is 15.9 Å². The van der Waals surface area contributed by atoms with Gasteiger partial charge in [-0.2, -0.15) is 0 Å². The van der Waals surface area contributed by atoms with Crippen LogP contribution in [-0.2, 0) is 9.53 Å². The third-order valence-corrected chi connectivity index (χ3v) is 5.84. The molecule has 1 aliphatic heterocycles. The van der Waals surface area contributed by atoms with E-state index in [2.05, 4.69) is 26.2 Å². The van der Waals surface area contributed by atoms with Gasteiger partial charge in [0.25, 0.3) is 5.91 Å². The van der Waals surface area contributed by atoms with Crippen LogP contribution in [0.5, 0.6) is 5.75 Å². The summed E-state index contributed by atoms with van der Waals surface area (Å²) in [4.78, 5) is 16.7. The van der Waals surface area contributed by atoms with Crippen LogP contribution < -0.4 is 10.1 Å². The van der Waals surface area contributed by atoms with Crippen LogP contribution >= 0.6 is 15.9 Å². The summed E-state index contributed by atoms with van der Waals surface area (Å²) in [6.07, 6.45) is 1.99. The fourth-order valence-corrected chi connectivity index (χ4v) is 3.76. The third-order valence-electron chi connectivity index (χ3n) is 5.31. The molecule has 0 atom stereocenters. The first-order valence-electron chi connectivity index (χ1n) is 10.4. The number of carbonyl (C=O) groups excluding carboxylic acids is 1. The minimum atomic E-state index is -0.109. The number of hydrogen-bond acceptors (Lipinski definition) is 5. The van der Waals surface area contributed by atoms with Crippen LogP contribution in [0.1, 0.15) is 18.6 Å². The van der Waals surface area contributed by atoms with Gasteiger partial charge < -0.3 is 19.2 Å². The van der Waals surface area contributed by atoms with Gasteiger partial charge in [0, 0.05) is 35.4 Å². The van der Waals surface area contributed by atoms with E-state index >= 15 is 0 Å². The number of benzene rings is 2. The number of ether oxygens (including phenoxy) is 2. The number of aryl methyl sites for hydroxylation is 1. The maximum absolute atomic E-state index is 12.1. The van der Waals surface area contributed by atoms with Crippen LogP contribution in [0.25, 0.3) is 22.7 Å². The maximum atomic E-state index is 12.1. The van der Waals surface area contributed by atoms with E-state index in [0.29, 0.717) is 24.1 Å². The Kier molecular flexibility index (Phi) is 7.04. The second-order valence-electron chi connectivity index (χ2n) is 7.60. The van der Waals surface area contributed by atoms with Crippen LogP contribution in [0.2, 0.25) is 0 Å². The van der Waals surface area contributed by atoms with Gasteiger partial charge in [-0.15, -0.1) is 0 Å². The lowest BCUT2D eigenvalue weighted by Gasteiger charge is -2.22. The SMILES string of the molecule is Cc1oc(-c2ccc(Br)cc2)nc1-c1ccc(OCC(=O)NCC2CCOCC2)cc1. The number of hydrogen-bond donors (Lipinski definition) is 1. The zero-order chi connectivity index (χ0) is 21.6. The molecule has 1 aliphatic rings. The molecule has 1 fully saturated rings. The Balaban J connectivity index is 1.33. The Bertz CT molecular complexity index is 1010. The van der Waals surface area contributed by atoms with Crippen molar-refractivity contribution in [1.82, 2.24) is 10.3 Å². The molecule has 6 nitrogen and oxygen atoms in total. The standard InChI is InChI=1S/C24H25BrN2O4/c1-16-23(27-24(31-16)19-2-6-20(25)7-3-19)18-4-8-21(9-5-18)30-15-22(28)26-14-17-10-12-29-13-11-17/h2-9,17H,10-15H2,1H3,(H,26,28). The zero-order valence-electron chi connectivity index (χ0n) is 17.4. The zero-order valence-corrected chi connectivity index (χ0v) is 19.0. The minimum Gasteiger partial charge on any atom is -0.484 e. The first kappa shape index (κ1) is 21.6. The van der Waals surface area contributed by atoms with Gasteiger partial charge in [0.15, 0.2) is 6.61 Å². The van der Waals surface area contributed by atoms with E-state index in [4.69, 9.17) is 13.9 Å². The van der Waals surface area contributed by atoms with E-state index in [1.54, 1.807) is 0 Å². The number of aromatic nitrogens is 1. The highest BCUT2D eigenvalue weighted by molar-refractivity contribution is 9.10. The number of nitrogens with one attached hydrogen (secondary N) is 1. The van der Waals surface area contributed by atoms with Crippen molar-refractivity contribution in [3.05, 3.63) is 58.8 Å². The lowest BCUT2D eigenvalue weighted by atomic mass is 10.0. The number of amides is 1. The molecule has 1 aromatic heterocycles. The molecule has 31 heavy (non-hydrogen) atoms. The van der Waals surface area contributed by atoms with Crippen LogP contribution in [0.15, 0.2) is 57.4 Å². The molecule has 3 aromatic rings. The topological polar surface area (TPSA) is 73.6 Å². The highest BCUT2D eigenvalue weighted by atomic mass is 79.9. The fourth-order valence-electron chi connectivity index (χ4n) is 3.50. The largest absolute Gasteiger partial charge is 0.484 e. The molecular weight excluding hydrogens is 460 g/mol. The predicted molar refractivity (Wildman–Crippen MR) is 122 cm³/mol. The first-order chi connectivity index (χ1) is 15.1. The summed E-state index contributed by atoms with van der Waals surface area (Å²) < 4.78 is 17.8. The Morgan fingerprint density at radius 2 is 1.77 bits per heavy atom. The number of carbonyl (C=O) groups is 1. The van der Waals surface area contributed by atoms with E-state index in [1.165, 1.54) is 0 Å². The maximum Gasteiger partial charge on any atom is 0.257 e. The van der Waals surface area contributed by atoms with Crippen LogP contribution in [0, 0.1) is 12.8 Å². The summed E-state index contributed by atoms with van der Waals surface area (Å²) in [5.41, 5.74) is 2.64. The van der Waals surface area contributed by atoms with Gasteiger partial charge in [-0.25, -0.2) is 4.98 Å². The Morgan fingerprint density at radius 3 is 2.48 bits per heavy atom. The lowest BCUT2D eigenvalue weighted by molar-refractivity contribution is -0.123. The molecule has 1 N–H and O–H groups in total. The summed E-state index contributed by atoms with van der Waals surface area (Å²) >= 11 is 3.44. The molecule has 2 aromatic carbocycles. The van der Waals surface area contributed by atoms with Crippen molar-refractivity contribution in [2.75, 3.05) is 26.4 Å². The Labute approximate surface area is 190 Å².